The lowest BCUT2D eigenvalue weighted by Crippen LogP contribution is -2.62. The Balaban J connectivity index is 1.33. The quantitative estimate of drug-likeness (QED) is 0.156. The first kappa shape index (κ1) is 40.2. The molecule has 5 rings (SSSR count). The molecule has 5 amide bonds. The normalized spacial score (nSPS) is 27.6. The predicted molar refractivity (Wildman–Crippen MR) is 198 cm³/mol. The van der Waals surface area contributed by atoms with Crippen molar-refractivity contribution in [3.05, 3.63) is 12.7 Å². The van der Waals surface area contributed by atoms with Gasteiger partial charge in [-0.15, -0.1) is 6.58 Å². The van der Waals surface area contributed by atoms with Crippen LogP contribution >= 0.6 is 0 Å². The van der Waals surface area contributed by atoms with Gasteiger partial charge in [0.15, 0.2) is 0 Å². The second-order valence-corrected chi connectivity index (χ2v) is 19.7. The number of hydrogen-bond donors (Lipinski definition) is 4. The number of piperidine rings is 1. The minimum Gasteiger partial charge on any atom is -0.346 e. The van der Waals surface area contributed by atoms with Crippen LogP contribution < -0.4 is 21.3 Å². The molecule has 52 heavy (non-hydrogen) atoms. The molecule has 4 N–H and O–H groups in total. The van der Waals surface area contributed by atoms with Crippen molar-refractivity contribution in [1.29, 1.82) is 0 Å². The number of nitrogens with zero attached hydrogens (tertiary/aromatic N) is 2. The molecule has 2 saturated heterocycles. The van der Waals surface area contributed by atoms with Crippen molar-refractivity contribution in [1.82, 2.24) is 30.5 Å². The van der Waals surface area contributed by atoms with E-state index in [9.17, 15) is 32.4 Å². The highest BCUT2D eigenvalue weighted by Gasteiger charge is 2.70. The van der Waals surface area contributed by atoms with E-state index in [1.165, 1.54) is 10.4 Å². The van der Waals surface area contributed by atoms with Gasteiger partial charge in [-0.1, -0.05) is 79.2 Å². The molecule has 3 aliphatic carbocycles. The zero-order valence-electron chi connectivity index (χ0n) is 31.9. The largest absolute Gasteiger partial charge is 0.346 e. The Morgan fingerprint density at radius 3 is 2.21 bits per heavy atom. The Labute approximate surface area is 310 Å². The summed E-state index contributed by atoms with van der Waals surface area (Å²) in [5.41, 5.74) is -0.933. The molecule has 292 valence electrons. The third-order valence-corrected chi connectivity index (χ3v) is 14.5. The molecule has 0 bridgehead atoms. The van der Waals surface area contributed by atoms with Crippen molar-refractivity contribution >= 4 is 39.6 Å². The highest BCUT2D eigenvalue weighted by atomic mass is 32.2. The van der Waals surface area contributed by atoms with Crippen molar-refractivity contribution in [2.45, 2.75) is 129 Å². The van der Waals surface area contributed by atoms with Crippen LogP contribution in [0.2, 0.25) is 0 Å². The number of ketones is 1. The fourth-order valence-electron chi connectivity index (χ4n) is 9.04. The number of nitrogens with one attached hydrogen (secondary N) is 4. The highest BCUT2D eigenvalue weighted by Crippen LogP contribution is 2.65. The average molecular weight is 747 g/mol. The number of urea groups is 1. The second-order valence-electron chi connectivity index (χ2n) is 17.6. The summed E-state index contributed by atoms with van der Waals surface area (Å²) < 4.78 is 27.3. The molecular weight excluding hydrogens is 685 g/mol. The fraction of sp³-hybridized carbons (Fsp3) is 0.816. The van der Waals surface area contributed by atoms with Crippen molar-refractivity contribution in [3.63, 3.8) is 0 Å². The van der Waals surface area contributed by atoms with Crippen LogP contribution in [-0.2, 0) is 29.2 Å². The van der Waals surface area contributed by atoms with Gasteiger partial charge in [0, 0.05) is 32.2 Å². The van der Waals surface area contributed by atoms with Crippen LogP contribution in [0, 0.1) is 34.5 Å². The number of rotatable bonds is 14. The number of hydrogen-bond acceptors (Lipinski definition) is 7. The molecule has 0 aromatic rings. The number of Topliss-reactive ketones (excluding diaryl/α,β-unsaturated/α-hetero) is 1. The molecule has 0 aromatic carbocycles. The molecule has 5 fully saturated rings. The maximum Gasteiger partial charge on any atom is 0.315 e. The number of sulfonamides is 1. The molecule has 6 atom stereocenters. The summed E-state index contributed by atoms with van der Waals surface area (Å²) in [4.78, 5) is 70.2. The number of fused-ring (bicyclic) bond motifs is 1. The fourth-order valence-corrected chi connectivity index (χ4v) is 10.7. The second kappa shape index (κ2) is 16.2. The van der Waals surface area contributed by atoms with E-state index in [1.807, 2.05) is 20.8 Å². The van der Waals surface area contributed by atoms with Crippen molar-refractivity contribution in [2.75, 3.05) is 31.9 Å². The highest BCUT2D eigenvalue weighted by molar-refractivity contribution is 7.89. The van der Waals surface area contributed by atoms with Crippen LogP contribution in [-0.4, -0.2) is 103 Å². The lowest BCUT2D eigenvalue weighted by molar-refractivity contribution is -0.145. The van der Waals surface area contributed by atoms with Gasteiger partial charge in [0.25, 0.3) is 5.91 Å². The Bertz CT molecular complexity index is 1480. The molecule has 2 unspecified atom stereocenters. The van der Waals surface area contributed by atoms with Crippen LogP contribution in [0.4, 0.5) is 4.79 Å². The summed E-state index contributed by atoms with van der Waals surface area (Å²) in [6.45, 7) is 14.4. The Kier molecular flexibility index (Phi) is 12.5. The SMILES string of the molecule is C=CCNC(=O)C(=O)C(CC1CCC1)NC(=O)[C@@H]1C2[C@H](CN1C(=O)[C@@H](NC(=O)N[C@H](CN1CCCCS1(=O)=O)C1CCCCC1)C(C)(C)C)C2(C)C. The summed E-state index contributed by atoms with van der Waals surface area (Å²) in [5.74, 6) is -1.94. The minimum atomic E-state index is -3.40. The van der Waals surface area contributed by atoms with E-state index in [4.69, 9.17) is 0 Å². The predicted octanol–water partition coefficient (Wildman–Crippen LogP) is 3.10. The lowest BCUT2D eigenvalue weighted by atomic mass is 9.80. The van der Waals surface area contributed by atoms with Gasteiger partial charge in [-0.25, -0.2) is 13.2 Å². The van der Waals surface area contributed by atoms with Gasteiger partial charge in [-0.05, 0) is 66.6 Å². The van der Waals surface area contributed by atoms with Crippen LogP contribution in [0.1, 0.15) is 105 Å². The molecule has 0 spiro atoms. The van der Waals surface area contributed by atoms with Crippen LogP contribution in [0.3, 0.4) is 0 Å². The van der Waals surface area contributed by atoms with Crippen molar-refractivity contribution in [2.24, 2.45) is 34.5 Å². The first-order valence-electron chi connectivity index (χ1n) is 19.5. The minimum absolute atomic E-state index is 0.0699. The molecule has 0 radical (unpaired) electrons. The molecule has 5 aliphatic rings. The summed E-state index contributed by atoms with van der Waals surface area (Å²) in [6, 6.07) is -3.82. The zero-order chi connectivity index (χ0) is 38.0. The Hall–Kier alpha value is -3.00. The van der Waals surface area contributed by atoms with Gasteiger partial charge in [0.1, 0.15) is 12.1 Å². The van der Waals surface area contributed by atoms with E-state index in [1.54, 1.807) is 4.90 Å². The van der Waals surface area contributed by atoms with Crippen molar-refractivity contribution in [3.8, 4) is 0 Å². The number of amides is 5. The average Bonchev–Trinajstić information content (AvgIpc) is 3.37. The first-order chi connectivity index (χ1) is 24.5. The van der Waals surface area contributed by atoms with E-state index in [-0.39, 0.29) is 53.8 Å². The zero-order valence-corrected chi connectivity index (χ0v) is 32.7. The van der Waals surface area contributed by atoms with Gasteiger partial charge in [-0.2, -0.15) is 4.31 Å². The summed E-state index contributed by atoms with van der Waals surface area (Å²) in [6.07, 6.45) is 11.1. The van der Waals surface area contributed by atoms with Crippen LogP contribution in [0.25, 0.3) is 0 Å². The summed E-state index contributed by atoms with van der Waals surface area (Å²) >= 11 is 0. The number of likely N-dealkylation sites (tertiary alicyclic amines) is 1. The lowest BCUT2D eigenvalue weighted by Gasteiger charge is -2.39. The summed E-state index contributed by atoms with van der Waals surface area (Å²) in [5, 5.41) is 11.5. The topological polar surface area (TPSA) is 174 Å². The van der Waals surface area contributed by atoms with E-state index >= 15 is 0 Å². The van der Waals surface area contributed by atoms with E-state index in [2.05, 4.69) is 41.7 Å². The van der Waals surface area contributed by atoms with Gasteiger partial charge in [0.2, 0.25) is 27.6 Å². The monoisotopic (exact) mass is 746 g/mol. The Morgan fingerprint density at radius 1 is 0.923 bits per heavy atom. The third kappa shape index (κ3) is 9.02. The molecule has 0 aromatic heterocycles. The van der Waals surface area contributed by atoms with Gasteiger partial charge >= 0.3 is 6.03 Å². The maximum atomic E-state index is 14.6. The maximum absolute atomic E-state index is 14.6. The Morgan fingerprint density at radius 2 is 1.62 bits per heavy atom. The standard InChI is InChI=1S/C38H62N6O7S/c1-7-18-39-34(47)31(45)27(21-24-14-13-15-24)40-33(46)30-29-26(38(29,5)6)22-44(30)35(48)32(37(2,3)4)42-36(49)41-28(25-16-9-8-10-17-25)23-43-19-11-12-20-52(43,50)51/h7,24-30,32H,1,8-23H2,2-6H3,(H,39,47)(H,40,46)(H2,41,42,49)/t26-,27?,28+,29?,30-,32+/m0/s1. The molecule has 3 saturated carbocycles. The van der Waals surface area contributed by atoms with Crippen LogP contribution in [0.15, 0.2) is 12.7 Å². The molecule has 14 heteroatoms. The number of carbonyl (C=O) groups is 5. The van der Waals surface area contributed by atoms with Gasteiger partial charge in [-0.3, -0.25) is 19.2 Å². The molecule has 2 heterocycles. The van der Waals surface area contributed by atoms with Crippen molar-refractivity contribution < 1.29 is 32.4 Å². The van der Waals surface area contributed by atoms with E-state index in [0.717, 1.165) is 57.8 Å². The molecular formula is C38H62N6O7S. The summed E-state index contributed by atoms with van der Waals surface area (Å²) in [7, 11) is -3.40. The van der Waals surface area contributed by atoms with Gasteiger partial charge < -0.3 is 26.2 Å². The van der Waals surface area contributed by atoms with E-state index in [0.29, 0.717) is 25.9 Å². The number of carbonyl (C=O) groups excluding carboxylic acids is 5. The van der Waals surface area contributed by atoms with Crippen LogP contribution in [0.5, 0.6) is 0 Å². The third-order valence-electron chi connectivity index (χ3n) is 12.6. The van der Waals surface area contributed by atoms with Gasteiger partial charge in [0.05, 0.1) is 11.8 Å². The smallest absolute Gasteiger partial charge is 0.315 e. The first-order valence-corrected chi connectivity index (χ1v) is 21.1. The van der Waals surface area contributed by atoms with E-state index < -0.39 is 63.2 Å². The molecule has 13 nitrogen and oxygen atoms in total. The molecule has 2 aliphatic heterocycles.